The van der Waals surface area contributed by atoms with Crippen LogP contribution in [-0.4, -0.2) is 27.2 Å². The molecule has 0 aliphatic heterocycles. The molecule has 0 spiro atoms. The molecule has 0 bridgehead atoms. The van der Waals surface area contributed by atoms with Crippen molar-refractivity contribution in [2.75, 3.05) is 11.5 Å². The summed E-state index contributed by atoms with van der Waals surface area (Å²) in [7, 11) is 0. The zero-order valence-corrected chi connectivity index (χ0v) is 10.9. The number of aromatic amines is 2. The number of halogens is 3. The van der Waals surface area contributed by atoms with Gasteiger partial charge in [-0.1, -0.05) is 0 Å². The first-order valence-electron chi connectivity index (χ1n) is 5.84. The number of carboxylic acids is 1. The molecule has 0 saturated heterocycles. The summed E-state index contributed by atoms with van der Waals surface area (Å²) in [6.45, 7) is 0. The third-order valence-electron chi connectivity index (χ3n) is 2.73. The number of anilines is 2. The number of nitrogens with two attached hydrogens (primary N) is 2. The quantitative estimate of drug-likeness (QED) is 0.497. The Kier molecular flexibility index (Phi) is 3.76. The van der Waals surface area contributed by atoms with Crippen molar-refractivity contribution in [2.45, 2.75) is 6.18 Å². The van der Waals surface area contributed by atoms with E-state index in [9.17, 15) is 13.2 Å². The Morgan fingerprint density at radius 3 is 2.50 bits per heavy atom. The van der Waals surface area contributed by atoms with Crippen molar-refractivity contribution in [2.24, 2.45) is 0 Å². The molecule has 0 fully saturated rings. The van der Waals surface area contributed by atoms with Crippen molar-refractivity contribution in [3.05, 3.63) is 24.4 Å². The molecule has 116 valence electrons. The van der Waals surface area contributed by atoms with Crippen LogP contribution >= 0.6 is 0 Å². The van der Waals surface area contributed by atoms with Gasteiger partial charge in [0.15, 0.2) is 0 Å². The number of hydrogen-bond donors (Lipinski definition) is 4. The maximum atomic E-state index is 10.6. The molecule has 0 amide bonds. The molecular formula is C12H11F3N5O2+. The van der Waals surface area contributed by atoms with Gasteiger partial charge in [-0.05, 0) is 18.2 Å². The summed E-state index contributed by atoms with van der Waals surface area (Å²) >= 11 is 0. The van der Waals surface area contributed by atoms with Crippen molar-refractivity contribution in [1.29, 1.82) is 0 Å². The molecular weight excluding hydrogens is 303 g/mol. The molecule has 2 aromatic heterocycles. The van der Waals surface area contributed by atoms with E-state index in [1.54, 1.807) is 6.20 Å². The van der Waals surface area contributed by atoms with Crippen LogP contribution in [-0.2, 0) is 4.79 Å². The van der Waals surface area contributed by atoms with Crippen LogP contribution in [0.2, 0.25) is 0 Å². The van der Waals surface area contributed by atoms with Crippen LogP contribution < -0.4 is 16.5 Å². The minimum atomic E-state index is -5.08. The van der Waals surface area contributed by atoms with Gasteiger partial charge in [-0.25, -0.2) is 9.78 Å². The SMILES string of the molecule is Nc1[nH]c2ccc3nccc3c2c(N)[nH+]1.O=C(O)C(F)(F)F. The second kappa shape index (κ2) is 5.39. The Bertz CT molecular complexity index is 844. The highest BCUT2D eigenvalue weighted by Gasteiger charge is 2.38. The number of hydrogen-bond acceptors (Lipinski definition) is 4. The fourth-order valence-electron chi connectivity index (χ4n) is 1.86. The van der Waals surface area contributed by atoms with Crippen molar-refractivity contribution in [3.63, 3.8) is 0 Å². The Balaban J connectivity index is 0.000000217. The summed E-state index contributed by atoms with van der Waals surface area (Å²) < 4.78 is 31.7. The van der Waals surface area contributed by atoms with Crippen LogP contribution in [0.3, 0.4) is 0 Å². The van der Waals surface area contributed by atoms with Gasteiger partial charge in [0.2, 0.25) is 5.82 Å². The molecule has 3 aromatic rings. The number of carboxylic acid groups (broad SMARTS) is 1. The number of fused-ring (bicyclic) bond motifs is 3. The molecule has 3 rings (SSSR count). The minimum absolute atomic E-state index is 0.443. The van der Waals surface area contributed by atoms with Gasteiger partial charge in [-0.15, -0.1) is 0 Å². The molecule has 0 aliphatic rings. The smallest absolute Gasteiger partial charge is 0.475 e. The number of aromatic nitrogens is 3. The molecule has 10 heteroatoms. The number of nitrogens with zero attached hydrogens (tertiary/aromatic N) is 1. The van der Waals surface area contributed by atoms with E-state index in [0.29, 0.717) is 11.8 Å². The van der Waals surface area contributed by atoms with E-state index in [1.165, 1.54) is 0 Å². The van der Waals surface area contributed by atoms with Crippen LogP contribution in [0.15, 0.2) is 24.4 Å². The summed E-state index contributed by atoms with van der Waals surface area (Å²) in [5.41, 5.74) is 13.4. The summed E-state index contributed by atoms with van der Waals surface area (Å²) in [5.74, 6) is -1.76. The lowest BCUT2D eigenvalue weighted by Crippen LogP contribution is -2.21. The number of rotatable bonds is 0. The van der Waals surface area contributed by atoms with E-state index >= 15 is 0 Å². The first-order chi connectivity index (χ1) is 10.2. The van der Waals surface area contributed by atoms with Crippen LogP contribution in [0.25, 0.3) is 21.8 Å². The van der Waals surface area contributed by atoms with Crippen molar-refractivity contribution in [3.8, 4) is 0 Å². The Labute approximate surface area is 120 Å². The average molecular weight is 314 g/mol. The molecule has 2 heterocycles. The average Bonchev–Trinajstić information content (AvgIpc) is 2.85. The molecule has 1 aromatic carbocycles. The van der Waals surface area contributed by atoms with Crippen molar-refractivity contribution in [1.82, 2.24) is 9.97 Å². The van der Waals surface area contributed by atoms with E-state index in [4.69, 9.17) is 21.4 Å². The van der Waals surface area contributed by atoms with Gasteiger partial charge >= 0.3 is 18.1 Å². The number of benzene rings is 1. The van der Waals surface area contributed by atoms with E-state index in [0.717, 1.165) is 21.8 Å². The maximum Gasteiger partial charge on any atom is 0.490 e. The first-order valence-corrected chi connectivity index (χ1v) is 5.84. The van der Waals surface area contributed by atoms with Gasteiger partial charge < -0.3 is 16.6 Å². The van der Waals surface area contributed by atoms with Gasteiger partial charge in [0.25, 0.3) is 0 Å². The standard InChI is InChI=1S/C10H9N5.C2HF3O2/c11-9-8-5-3-4-13-6(5)1-2-7(8)14-10(12)15-9;3-2(4,5)1(6)7/h1-4H,11H2,(H3,12,14,15);(H,6,7)/p+1. The molecule has 7 nitrogen and oxygen atoms in total. The third-order valence-corrected chi connectivity index (χ3v) is 2.73. The summed E-state index contributed by atoms with van der Waals surface area (Å²) in [6.07, 6.45) is -3.32. The molecule has 22 heavy (non-hydrogen) atoms. The molecule has 0 aliphatic carbocycles. The number of nitrogens with one attached hydrogen (secondary N) is 2. The summed E-state index contributed by atoms with van der Waals surface area (Å²) in [5, 5.41) is 9.08. The Morgan fingerprint density at radius 1 is 1.27 bits per heavy atom. The fourth-order valence-corrected chi connectivity index (χ4v) is 1.86. The van der Waals surface area contributed by atoms with Crippen LogP contribution in [0.4, 0.5) is 24.9 Å². The predicted octanol–water partition coefficient (Wildman–Crippen LogP) is 1.33. The van der Waals surface area contributed by atoms with Crippen molar-refractivity contribution >= 4 is 39.5 Å². The van der Waals surface area contributed by atoms with Gasteiger partial charge in [0.05, 0.1) is 16.4 Å². The largest absolute Gasteiger partial charge is 0.490 e. The normalized spacial score (nSPS) is 11.2. The van der Waals surface area contributed by atoms with Crippen LogP contribution in [0, 0.1) is 0 Å². The van der Waals surface area contributed by atoms with Gasteiger partial charge in [-0.3, -0.25) is 9.97 Å². The molecule has 0 saturated carbocycles. The predicted molar refractivity (Wildman–Crippen MR) is 72.7 cm³/mol. The van der Waals surface area contributed by atoms with E-state index < -0.39 is 12.1 Å². The lowest BCUT2D eigenvalue weighted by molar-refractivity contribution is -0.344. The van der Waals surface area contributed by atoms with Gasteiger partial charge in [-0.2, -0.15) is 13.2 Å². The minimum Gasteiger partial charge on any atom is -0.475 e. The number of aliphatic carboxylic acids is 1. The summed E-state index contributed by atoms with van der Waals surface area (Å²) in [6, 6.07) is 5.80. The second-order valence-corrected chi connectivity index (χ2v) is 4.25. The highest BCUT2D eigenvalue weighted by atomic mass is 19.4. The van der Waals surface area contributed by atoms with Crippen molar-refractivity contribution < 1.29 is 28.1 Å². The van der Waals surface area contributed by atoms with E-state index in [2.05, 4.69) is 15.0 Å². The lowest BCUT2D eigenvalue weighted by atomic mass is 10.1. The zero-order valence-electron chi connectivity index (χ0n) is 10.9. The lowest BCUT2D eigenvalue weighted by Gasteiger charge is -2.01. The summed E-state index contributed by atoms with van der Waals surface area (Å²) in [4.78, 5) is 19.0. The molecule has 0 unspecified atom stereocenters. The Morgan fingerprint density at radius 2 is 1.91 bits per heavy atom. The maximum absolute atomic E-state index is 10.6. The first kappa shape index (κ1) is 15.4. The highest BCUT2D eigenvalue weighted by Crippen LogP contribution is 2.25. The number of alkyl halides is 3. The molecule has 7 N–H and O–H groups in total. The van der Waals surface area contributed by atoms with E-state index in [-0.39, 0.29) is 0 Å². The third kappa shape index (κ3) is 3.00. The van der Waals surface area contributed by atoms with Crippen LogP contribution in [0.1, 0.15) is 0 Å². The zero-order chi connectivity index (χ0) is 16.5. The molecule has 0 radical (unpaired) electrons. The van der Waals surface area contributed by atoms with Crippen LogP contribution in [0.5, 0.6) is 0 Å². The topological polar surface area (TPSA) is 132 Å². The number of carbonyl (C=O) groups is 1. The van der Waals surface area contributed by atoms with Gasteiger partial charge in [0.1, 0.15) is 0 Å². The Hall–Kier alpha value is -3.04. The number of H-pyrrole nitrogens is 2. The van der Waals surface area contributed by atoms with E-state index in [1.807, 2.05) is 18.2 Å². The fraction of sp³-hybridized carbons (Fsp3) is 0.0833. The van der Waals surface area contributed by atoms with Gasteiger partial charge in [0, 0.05) is 11.6 Å². The monoisotopic (exact) mass is 314 g/mol. The molecule has 0 atom stereocenters. The second-order valence-electron chi connectivity index (χ2n) is 4.25. The number of nitrogen functional groups attached to an aromatic ring is 2. The highest BCUT2D eigenvalue weighted by molar-refractivity contribution is 6.09.